The highest BCUT2D eigenvalue weighted by atomic mass is 19.4. The third kappa shape index (κ3) is 2.65. The van der Waals surface area contributed by atoms with Crippen LogP contribution in [0.3, 0.4) is 0 Å². The molecule has 84 valence electrons. The molecule has 0 saturated carbocycles. The van der Waals surface area contributed by atoms with Gasteiger partial charge in [0.1, 0.15) is 0 Å². The lowest BCUT2D eigenvalue weighted by Crippen LogP contribution is -2.20. The van der Waals surface area contributed by atoms with Crippen molar-refractivity contribution in [3.63, 3.8) is 0 Å². The lowest BCUT2D eigenvalue weighted by atomic mass is 9.96. The van der Waals surface area contributed by atoms with Gasteiger partial charge in [0.05, 0.1) is 5.57 Å². The molecule has 0 radical (unpaired) electrons. The Morgan fingerprint density at radius 1 is 1.07 bits per heavy atom. The van der Waals surface area contributed by atoms with Gasteiger partial charge in [-0.05, 0) is 18.6 Å². The Kier molecular flexibility index (Phi) is 2.74. The molecule has 0 spiro atoms. The Morgan fingerprint density at radius 3 is 2.00 bits per heavy atom. The third-order valence-electron chi connectivity index (χ3n) is 1.98. The quantitative estimate of drug-likeness (QED) is 0.435. The molecule has 0 saturated heterocycles. The molecule has 1 rings (SSSR count). The summed E-state index contributed by atoms with van der Waals surface area (Å²) in [7, 11) is 0. The van der Waals surface area contributed by atoms with Crippen LogP contribution in [0.4, 0.5) is 26.3 Å². The Labute approximate surface area is 81.6 Å². The molecular formula is C9H6F6. The van der Waals surface area contributed by atoms with Crippen molar-refractivity contribution >= 4 is 0 Å². The van der Waals surface area contributed by atoms with Crippen molar-refractivity contribution in [2.45, 2.75) is 25.7 Å². The summed E-state index contributed by atoms with van der Waals surface area (Å²) >= 11 is 0. The van der Waals surface area contributed by atoms with Gasteiger partial charge in [-0.15, -0.1) is 5.73 Å². The van der Waals surface area contributed by atoms with Crippen LogP contribution in [0.15, 0.2) is 28.5 Å². The predicted molar refractivity (Wildman–Crippen MR) is 41.0 cm³/mol. The number of halogens is 6. The monoisotopic (exact) mass is 228 g/mol. The van der Waals surface area contributed by atoms with Gasteiger partial charge in [0, 0.05) is 12.0 Å². The maximum Gasteiger partial charge on any atom is 0.420 e. The molecule has 0 aliphatic heterocycles. The van der Waals surface area contributed by atoms with Crippen molar-refractivity contribution in [3.05, 3.63) is 28.5 Å². The van der Waals surface area contributed by atoms with Crippen molar-refractivity contribution in [1.29, 1.82) is 0 Å². The van der Waals surface area contributed by atoms with E-state index in [2.05, 4.69) is 0 Å². The molecule has 0 amide bonds. The molecule has 0 aromatic heterocycles. The highest BCUT2D eigenvalue weighted by molar-refractivity contribution is 5.36. The highest BCUT2D eigenvalue weighted by Crippen LogP contribution is 2.39. The van der Waals surface area contributed by atoms with Gasteiger partial charge in [-0.2, -0.15) is 26.3 Å². The van der Waals surface area contributed by atoms with E-state index in [-0.39, 0.29) is 5.57 Å². The Balaban J connectivity index is 3.09. The first-order valence-electron chi connectivity index (χ1n) is 3.92. The van der Waals surface area contributed by atoms with Gasteiger partial charge in [-0.3, -0.25) is 0 Å². The van der Waals surface area contributed by atoms with Crippen LogP contribution in [0.5, 0.6) is 0 Å². The number of rotatable bonds is 0. The fourth-order valence-electron chi connectivity index (χ4n) is 1.16. The van der Waals surface area contributed by atoms with Crippen LogP contribution in [0.2, 0.25) is 0 Å². The van der Waals surface area contributed by atoms with E-state index in [1.54, 1.807) is 0 Å². The Morgan fingerprint density at radius 2 is 1.60 bits per heavy atom. The van der Waals surface area contributed by atoms with Crippen LogP contribution in [0.25, 0.3) is 0 Å². The molecule has 0 heterocycles. The molecule has 0 aromatic carbocycles. The van der Waals surface area contributed by atoms with Gasteiger partial charge in [0.2, 0.25) is 0 Å². The van der Waals surface area contributed by atoms with E-state index in [0.717, 1.165) is 13.0 Å². The van der Waals surface area contributed by atoms with E-state index in [9.17, 15) is 26.3 Å². The maximum absolute atomic E-state index is 12.3. The summed E-state index contributed by atoms with van der Waals surface area (Å²) in [5.41, 5.74) is -0.857. The van der Waals surface area contributed by atoms with Gasteiger partial charge in [0.25, 0.3) is 0 Å². The minimum atomic E-state index is -4.76. The van der Waals surface area contributed by atoms with Gasteiger partial charge < -0.3 is 0 Å². The average Bonchev–Trinajstić information content (AvgIpc) is 2.00. The minimum absolute atomic E-state index is 0.226. The van der Waals surface area contributed by atoms with Gasteiger partial charge in [-0.1, -0.05) is 0 Å². The van der Waals surface area contributed by atoms with Crippen LogP contribution >= 0.6 is 0 Å². The van der Waals surface area contributed by atoms with Gasteiger partial charge >= 0.3 is 12.4 Å². The summed E-state index contributed by atoms with van der Waals surface area (Å²) < 4.78 is 73.2. The van der Waals surface area contributed by atoms with E-state index in [4.69, 9.17) is 0 Å². The van der Waals surface area contributed by atoms with E-state index >= 15 is 0 Å². The topological polar surface area (TPSA) is 0 Å². The zero-order chi connectivity index (χ0) is 11.9. The summed E-state index contributed by atoms with van der Waals surface area (Å²) in [6.07, 6.45) is -9.92. The number of allylic oxidation sites excluding steroid dienone is 3. The fraction of sp³-hybridized carbons (Fsp3) is 0.444. The molecule has 0 nitrogen and oxygen atoms in total. The smallest absolute Gasteiger partial charge is 0.166 e. The van der Waals surface area contributed by atoms with Gasteiger partial charge in [0.15, 0.2) is 0 Å². The summed E-state index contributed by atoms with van der Waals surface area (Å²) in [6, 6.07) is 0. The van der Waals surface area contributed by atoms with E-state index in [0.29, 0.717) is 0 Å². The molecule has 0 bridgehead atoms. The molecule has 1 aliphatic carbocycles. The number of hydrogen-bond acceptors (Lipinski definition) is 0. The molecule has 0 aromatic rings. The molecule has 15 heavy (non-hydrogen) atoms. The molecule has 0 fully saturated rings. The molecular weight excluding hydrogens is 222 g/mol. The number of hydrogen-bond donors (Lipinski definition) is 0. The largest absolute Gasteiger partial charge is 0.420 e. The van der Waals surface area contributed by atoms with Crippen molar-refractivity contribution in [1.82, 2.24) is 0 Å². The van der Waals surface area contributed by atoms with Crippen molar-refractivity contribution in [2.24, 2.45) is 0 Å². The van der Waals surface area contributed by atoms with Crippen LogP contribution in [0, 0.1) is 0 Å². The van der Waals surface area contributed by atoms with E-state index < -0.39 is 29.9 Å². The SMILES string of the molecule is CC1=C(C(F)(F)F)CC(C(F)(F)F)=C=C1. The molecule has 0 N–H and O–H groups in total. The standard InChI is InChI=1S/C9H6F6/c1-5-2-3-6(8(10,11)12)4-7(5)9(13,14)15/h2H,4H2,1H3. The van der Waals surface area contributed by atoms with E-state index in [1.807, 2.05) is 5.73 Å². The number of alkyl halides is 6. The first-order valence-corrected chi connectivity index (χ1v) is 3.92. The average molecular weight is 228 g/mol. The third-order valence-corrected chi connectivity index (χ3v) is 1.98. The van der Waals surface area contributed by atoms with Crippen LogP contribution in [0.1, 0.15) is 13.3 Å². The first-order chi connectivity index (χ1) is 6.62. The zero-order valence-electron chi connectivity index (χ0n) is 7.55. The van der Waals surface area contributed by atoms with E-state index in [1.165, 1.54) is 0 Å². The van der Waals surface area contributed by atoms with Crippen LogP contribution in [-0.4, -0.2) is 12.4 Å². The summed E-state index contributed by atoms with van der Waals surface area (Å²) in [5, 5.41) is 0. The second-order valence-corrected chi connectivity index (χ2v) is 3.10. The van der Waals surface area contributed by atoms with Crippen LogP contribution in [-0.2, 0) is 0 Å². The second kappa shape index (κ2) is 3.45. The Bertz CT molecular complexity index is 359. The molecule has 6 heteroatoms. The van der Waals surface area contributed by atoms with Crippen molar-refractivity contribution < 1.29 is 26.3 Å². The Hall–Kier alpha value is -1.16. The lowest BCUT2D eigenvalue weighted by Gasteiger charge is -2.18. The van der Waals surface area contributed by atoms with Crippen molar-refractivity contribution in [3.8, 4) is 0 Å². The molecule has 0 unspecified atom stereocenters. The van der Waals surface area contributed by atoms with Crippen molar-refractivity contribution in [2.75, 3.05) is 0 Å². The first kappa shape index (κ1) is 11.9. The predicted octanol–water partition coefficient (Wildman–Crippen LogP) is 3.91. The highest BCUT2D eigenvalue weighted by Gasteiger charge is 2.42. The minimum Gasteiger partial charge on any atom is -0.166 e. The zero-order valence-corrected chi connectivity index (χ0v) is 7.55. The summed E-state index contributed by atoms with van der Waals surface area (Å²) in [4.78, 5) is 0. The maximum atomic E-state index is 12.3. The second-order valence-electron chi connectivity index (χ2n) is 3.10. The molecule has 0 atom stereocenters. The summed E-state index contributed by atoms with van der Waals surface area (Å²) in [6.45, 7) is 1.11. The fourth-order valence-corrected chi connectivity index (χ4v) is 1.16. The summed E-state index contributed by atoms with van der Waals surface area (Å²) in [5.74, 6) is 0. The van der Waals surface area contributed by atoms with Gasteiger partial charge in [-0.25, -0.2) is 0 Å². The lowest BCUT2D eigenvalue weighted by molar-refractivity contribution is -0.105. The normalized spacial score (nSPS) is 18.2. The van der Waals surface area contributed by atoms with Crippen LogP contribution < -0.4 is 0 Å². The molecule has 1 aliphatic rings.